The lowest BCUT2D eigenvalue weighted by Gasteiger charge is -2.10. The first-order chi connectivity index (χ1) is 17.0. The number of Topliss-reactive ketones (excluding diaryl/α,β-unsaturated/α-hetero) is 1. The molecule has 5 rings (SSSR count). The molecule has 0 atom stereocenters. The Bertz CT molecular complexity index is 1530. The van der Waals surface area contributed by atoms with Gasteiger partial charge in [-0.05, 0) is 60.5 Å². The van der Waals surface area contributed by atoms with E-state index in [2.05, 4.69) is 20.3 Å². The van der Waals surface area contributed by atoms with Crippen molar-refractivity contribution >= 4 is 28.5 Å². The Morgan fingerprint density at radius 1 is 0.971 bits per heavy atom. The van der Waals surface area contributed by atoms with E-state index in [1.165, 1.54) is 13.0 Å². The number of halogens is 1. The molecule has 8 heteroatoms. The van der Waals surface area contributed by atoms with Crippen molar-refractivity contribution in [1.29, 1.82) is 0 Å². The van der Waals surface area contributed by atoms with Crippen LogP contribution >= 0.6 is 0 Å². The van der Waals surface area contributed by atoms with Gasteiger partial charge in [-0.3, -0.25) is 14.8 Å². The molecule has 35 heavy (non-hydrogen) atoms. The Labute approximate surface area is 201 Å². The lowest BCUT2D eigenvalue weighted by molar-refractivity contribution is -0.116. The molecule has 0 aliphatic carbocycles. The molecule has 0 fully saturated rings. The minimum absolute atomic E-state index is 0.0346. The number of ketones is 1. The zero-order valence-corrected chi connectivity index (χ0v) is 19.2. The second-order valence-electron chi connectivity index (χ2n) is 8.16. The van der Waals surface area contributed by atoms with Gasteiger partial charge in [0.05, 0.1) is 22.4 Å². The molecule has 1 N–H and O–H groups in total. The molecule has 5 aromatic rings. The Morgan fingerprint density at radius 2 is 1.77 bits per heavy atom. The van der Waals surface area contributed by atoms with Gasteiger partial charge < -0.3 is 14.6 Å². The number of nitrogens with one attached hydrogen (secondary N) is 1. The highest BCUT2D eigenvalue weighted by molar-refractivity contribution is 5.82. The molecule has 174 valence electrons. The van der Waals surface area contributed by atoms with E-state index in [9.17, 15) is 9.18 Å². The van der Waals surface area contributed by atoms with Gasteiger partial charge in [0.2, 0.25) is 5.95 Å². The summed E-state index contributed by atoms with van der Waals surface area (Å²) in [6, 6.07) is 17.7. The smallest absolute Gasteiger partial charge is 0.208 e. The van der Waals surface area contributed by atoms with E-state index in [0.717, 1.165) is 16.6 Å². The number of imidazole rings is 1. The monoisotopic (exact) mass is 467 g/mol. The van der Waals surface area contributed by atoms with Crippen molar-refractivity contribution in [1.82, 2.24) is 19.5 Å². The summed E-state index contributed by atoms with van der Waals surface area (Å²) in [6.45, 7) is 1.52. The van der Waals surface area contributed by atoms with Gasteiger partial charge in [-0.1, -0.05) is 6.07 Å². The second-order valence-corrected chi connectivity index (χ2v) is 8.16. The Balaban J connectivity index is 1.41. The number of pyridine rings is 2. The number of ether oxygens (including phenoxy) is 1. The molecule has 0 aliphatic heterocycles. The number of benzene rings is 2. The van der Waals surface area contributed by atoms with Crippen LogP contribution in [0.1, 0.15) is 12.6 Å². The standard InChI is InChI=1S/C27H22FN5O2/c1-17(34)13-20-15-22(9-12-30-20)35-21-4-6-26-25(16-21)32-27(33(26)2)31-24-14-19(3-5-23(24)28)18-7-10-29-11-8-18/h3-12,14-16H,13H2,1-2H3,(H,31,32). The fourth-order valence-electron chi connectivity index (χ4n) is 3.83. The molecule has 2 aromatic carbocycles. The van der Waals surface area contributed by atoms with Gasteiger partial charge in [-0.25, -0.2) is 9.37 Å². The average molecular weight is 468 g/mol. The predicted octanol–water partition coefficient (Wildman–Crippen LogP) is 5.84. The normalized spacial score (nSPS) is 10.9. The highest BCUT2D eigenvalue weighted by Crippen LogP contribution is 2.30. The predicted molar refractivity (Wildman–Crippen MR) is 132 cm³/mol. The minimum Gasteiger partial charge on any atom is -0.457 e. The molecular formula is C27H22FN5O2. The van der Waals surface area contributed by atoms with Gasteiger partial charge >= 0.3 is 0 Å². The van der Waals surface area contributed by atoms with Crippen LogP contribution in [-0.2, 0) is 18.3 Å². The van der Waals surface area contributed by atoms with Crippen LogP contribution in [0.3, 0.4) is 0 Å². The van der Waals surface area contributed by atoms with Crippen molar-refractivity contribution in [2.45, 2.75) is 13.3 Å². The number of carbonyl (C=O) groups excluding carboxylic acids is 1. The van der Waals surface area contributed by atoms with Crippen LogP contribution in [0.15, 0.2) is 79.3 Å². The van der Waals surface area contributed by atoms with Gasteiger partial charge in [0.1, 0.15) is 23.1 Å². The van der Waals surface area contributed by atoms with E-state index >= 15 is 0 Å². The van der Waals surface area contributed by atoms with Gasteiger partial charge in [0.25, 0.3) is 0 Å². The van der Waals surface area contributed by atoms with Crippen LogP contribution in [0.25, 0.3) is 22.2 Å². The molecule has 3 aromatic heterocycles. The molecule has 0 saturated carbocycles. The molecule has 0 unspecified atom stereocenters. The summed E-state index contributed by atoms with van der Waals surface area (Å²) >= 11 is 0. The molecule has 0 spiro atoms. The summed E-state index contributed by atoms with van der Waals surface area (Å²) in [5, 5.41) is 3.12. The maximum atomic E-state index is 14.6. The molecule has 3 heterocycles. The Morgan fingerprint density at radius 3 is 2.57 bits per heavy atom. The second kappa shape index (κ2) is 9.34. The van der Waals surface area contributed by atoms with Gasteiger partial charge in [-0.2, -0.15) is 0 Å². The highest BCUT2D eigenvalue weighted by atomic mass is 19.1. The summed E-state index contributed by atoms with van der Waals surface area (Å²) < 4.78 is 22.4. The Hall–Kier alpha value is -4.59. The van der Waals surface area contributed by atoms with Crippen LogP contribution in [0, 0.1) is 5.82 Å². The summed E-state index contributed by atoms with van der Waals surface area (Å²) in [6.07, 6.45) is 5.27. The number of anilines is 2. The fraction of sp³-hybridized carbons (Fsp3) is 0.111. The molecule has 7 nitrogen and oxygen atoms in total. The third-order valence-electron chi connectivity index (χ3n) is 5.53. The zero-order chi connectivity index (χ0) is 24.4. The van der Waals surface area contributed by atoms with Crippen molar-refractivity contribution < 1.29 is 13.9 Å². The lowest BCUT2D eigenvalue weighted by atomic mass is 10.1. The number of fused-ring (bicyclic) bond motifs is 1. The van der Waals surface area contributed by atoms with Crippen LogP contribution in [0.4, 0.5) is 16.0 Å². The summed E-state index contributed by atoms with van der Waals surface area (Å²) in [5.41, 5.74) is 4.33. The maximum Gasteiger partial charge on any atom is 0.208 e. The fourth-order valence-corrected chi connectivity index (χ4v) is 3.83. The topological polar surface area (TPSA) is 81.9 Å². The molecule has 0 aliphatic rings. The van der Waals surface area contributed by atoms with Crippen molar-refractivity contribution in [3.8, 4) is 22.6 Å². The first-order valence-corrected chi connectivity index (χ1v) is 11.0. The number of carbonyl (C=O) groups is 1. The van der Waals surface area contributed by atoms with Gasteiger partial charge in [0.15, 0.2) is 0 Å². The van der Waals surface area contributed by atoms with Crippen molar-refractivity contribution in [2.75, 3.05) is 5.32 Å². The number of aryl methyl sites for hydroxylation is 1. The first kappa shape index (κ1) is 22.2. The molecule has 0 radical (unpaired) electrons. The van der Waals surface area contributed by atoms with Crippen LogP contribution in [-0.4, -0.2) is 25.3 Å². The van der Waals surface area contributed by atoms with Crippen LogP contribution in [0.5, 0.6) is 11.5 Å². The van der Waals surface area contributed by atoms with Gasteiger partial charge in [0, 0.05) is 44.2 Å². The van der Waals surface area contributed by atoms with Crippen LogP contribution < -0.4 is 10.1 Å². The number of rotatable bonds is 7. The number of hydrogen-bond donors (Lipinski definition) is 1. The quantitative estimate of drug-likeness (QED) is 0.324. The minimum atomic E-state index is -0.377. The number of nitrogens with zero attached hydrogens (tertiary/aromatic N) is 4. The maximum absolute atomic E-state index is 14.6. The van der Waals surface area contributed by atoms with Gasteiger partial charge in [-0.15, -0.1) is 0 Å². The summed E-state index contributed by atoms with van der Waals surface area (Å²) in [5.74, 6) is 1.33. The Kier molecular flexibility index (Phi) is 5.93. The van der Waals surface area contributed by atoms with E-state index in [1.54, 1.807) is 42.9 Å². The number of hydrogen-bond acceptors (Lipinski definition) is 6. The molecule has 0 bridgehead atoms. The van der Waals surface area contributed by atoms with E-state index in [1.807, 2.05) is 41.9 Å². The molecular weight excluding hydrogens is 445 g/mol. The largest absolute Gasteiger partial charge is 0.457 e. The first-order valence-electron chi connectivity index (χ1n) is 11.0. The van der Waals surface area contributed by atoms with Crippen molar-refractivity contribution in [2.24, 2.45) is 7.05 Å². The van der Waals surface area contributed by atoms with Crippen molar-refractivity contribution in [3.05, 3.63) is 90.8 Å². The SMILES string of the molecule is CC(=O)Cc1cc(Oc2ccc3c(c2)nc(Nc2cc(-c4ccncc4)ccc2F)n3C)ccn1. The van der Waals surface area contributed by atoms with Crippen molar-refractivity contribution in [3.63, 3.8) is 0 Å². The third-order valence-corrected chi connectivity index (χ3v) is 5.53. The molecule has 0 amide bonds. The highest BCUT2D eigenvalue weighted by Gasteiger charge is 2.13. The summed E-state index contributed by atoms with van der Waals surface area (Å²) in [7, 11) is 1.86. The summed E-state index contributed by atoms with van der Waals surface area (Å²) in [4.78, 5) is 24.3. The number of aromatic nitrogens is 4. The molecule has 0 saturated heterocycles. The lowest BCUT2D eigenvalue weighted by Crippen LogP contribution is -2.01. The third kappa shape index (κ3) is 4.86. The van der Waals surface area contributed by atoms with Crippen LogP contribution in [0.2, 0.25) is 0 Å². The zero-order valence-electron chi connectivity index (χ0n) is 19.2. The average Bonchev–Trinajstić information content (AvgIpc) is 3.15. The van der Waals surface area contributed by atoms with E-state index in [0.29, 0.717) is 34.3 Å². The van der Waals surface area contributed by atoms with E-state index in [4.69, 9.17) is 4.74 Å². The van der Waals surface area contributed by atoms with E-state index < -0.39 is 0 Å². The van der Waals surface area contributed by atoms with E-state index in [-0.39, 0.29) is 18.0 Å².